The van der Waals surface area contributed by atoms with Gasteiger partial charge in [0.25, 0.3) is 5.91 Å². The Hall–Kier alpha value is -3.32. The van der Waals surface area contributed by atoms with Crippen LogP contribution in [0, 0.1) is 27.7 Å². The molecule has 0 saturated carbocycles. The van der Waals surface area contributed by atoms with Crippen LogP contribution in [0.5, 0.6) is 5.75 Å². The van der Waals surface area contributed by atoms with Crippen molar-refractivity contribution in [3.05, 3.63) is 75.1 Å². The van der Waals surface area contributed by atoms with Gasteiger partial charge in [-0.05, 0) is 58.0 Å². The number of aryl methyl sites for hydroxylation is 4. The van der Waals surface area contributed by atoms with E-state index in [2.05, 4.69) is 20.7 Å². The maximum atomic E-state index is 13.0. The molecule has 2 N–H and O–H groups in total. The average molecular weight is 454 g/mol. The summed E-state index contributed by atoms with van der Waals surface area (Å²) in [6, 6.07) is 10.9. The molecule has 0 spiro atoms. The summed E-state index contributed by atoms with van der Waals surface area (Å²) in [4.78, 5) is 17.7. The summed E-state index contributed by atoms with van der Waals surface area (Å²) >= 11 is 6.18. The summed E-state index contributed by atoms with van der Waals surface area (Å²) in [5.74, 6) is 0.609. The van der Waals surface area contributed by atoms with Crippen LogP contribution in [-0.2, 0) is 13.6 Å². The number of nitrogens with one attached hydrogen (secondary N) is 2. The number of benzene rings is 2. The van der Waals surface area contributed by atoms with Crippen molar-refractivity contribution in [1.82, 2.24) is 15.1 Å². The SMILES string of the molecule is COc1ccc(Cl)cc1NC(=NCc1c(C)nn(C)c1C)NC(=O)c1cc(C)cc(C)c1. The smallest absolute Gasteiger partial charge is 0.257 e. The molecule has 0 aliphatic carbocycles. The lowest BCUT2D eigenvalue weighted by Crippen LogP contribution is -2.36. The Morgan fingerprint density at radius 3 is 2.41 bits per heavy atom. The molecule has 1 aromatic heterocycles. The van der Waals surface area contributed by atoms with Crippen LogP contribution in [0.25, 0.3) is 0 Å². The minimum atomic E-state index is -0.260. The first-order chi connectivity index (χ1) is 15.2. The zero-order chi connectivity index (χ0) is 23.4. The highest BCUT2D eigenvalue weighted by Crippen LogP contribution is 2.27. The number of halogens is 1. The van der Waals surface area contributed by atoms with E-state index in [1.165, 1.54) is 0 Å². The molecule has 0 bridgehead atoms. The van der Waals surface area contributed by atoms with Crippen LogP contribution in [0.3, 0.4) is 0 Å². The van der Waals surface area contributed by atoms with Crippen molar-refractivity contribution in [3.8, 4) is 5.75 Å². The van der Waals surface area contributed by atoms with Gasteiger partial charge in [-0.15, -0.1) is 0 Å². The summed E-state index contributed by atoms with van der Waals surface area (Å²) in [5, 5.41) is 11.0. The average Bonchev–Trinajstić information content (AvgIpc) is 2.96. The van der Waals surface area contributed by atoms with E-state index in [4.69, 9.17) is 16.3 Å². The van der Waals surface area contributed by atoms with Gasteiger partial charge < -0.3 is 10.1 Å². The van der Waals surface area contributed by atoms with Crippen molar-refractivity contribution in [1.29, 1.82) is 0 Å². The third kappa shape index (κ3) is 5.48. The number of aromatic nitrogens is 2. The van der Waals surface area contributed by atoms with Crippen LogP contribution in [-0.4, -0.2) is 28.8 Å². The molecule has 0 fully saturated rings. The summed E-state index contributed by atoms with van der Waals surface area (Å²) in [7, 11) is 3.47. The van der Waals surface area contributed by atoms with Gasteiger partial charge in [0, 0.05) is 28.9 Å². The van der Waals surface area contributed by atoms with E-state index in [0.717, 1.165) is 28.1 Å². The lowest BCUT2D eigenvalue weighted by Gasteiger charge is -2.15. The molecule has 0 radical (unpaired) electrons. The minimum Gasteiger partial charge on any atom is -0.495 e. The Balaban J connectivity index is 1.95. The van der Waals surface area contributed by atoms with Gasteiger partial charge in [0.1, 0.15) is 5.75 Å². The molecule has 0 atom stereocenters. The number of guanidine groups is 1. The van der Waals surface area contributed by atoms with Gasteiger partial charge in [0.15, 0.2) is 0 Å². The topological polar surface area (TPSA) is 80.5 Å². The molecule has 7 nitrogen and oxygen atoms in total. The van der Waals surface area contributed by atoms with E-state index >= 15 is 0 Å². The number of ether oxygens (including phenoxy) is 1. The molecule has 0 unspecified atom stereocenters. The summed E-state index contributed by atoms with van der Waals surface area (Å²) in [5.41, 5.74) is 6.11. The zero-order valence-electron chi connectivity index (χ0n) is 19.2. The molecule has 1 amide bonds. The molecule has 3 aromatic rings. The van der Waals surface area contributed by atoms with Crippen LogP contribution in [0.1, 0.15) is 38.4 Å². The third-order valence-corrected chi connectivity index (χ3v) is 5.42. The van der Waals surface area contributed by atoms with Crippen LogP contribution < -0.4 is 15.4 Å². The van der Waals surface area contributed by atoms with Gasteiger partial charge in [-0.25, -0.2) is 4.99 Å². The van der Waals surface area contributed by atoms with E-state index in [1.54, 1.807) is 25.3 Å². The van der Waals surface area contributed by atoms with E-state index in [0.29, 0.717) is 28.6 Å². The van der Waals surface area contributed by atoms with Crippen molar-refractivity contribution in [3.63, 3.8) is 0 Å². The molecule has 32 heavy (non-hydrogen) atoms. The van der Waals surface area contributed by atoms with Gasteiger partial charge in [-0.1, -0.05) is 28.8 Å². The monoisotopic (exact) mass is 453 g/mol. The second kappa shape index (κ2) is 9.87. The predicted octanol–water partition coefficient (Wildman–Crippen LogP) is 4.71. The fourth-order valence-corrected chi connectivity index (χ4v) is 3.68. The molecule has 0 aliphatic heterocycles. The number of hydrogen-bond acceptors (Lipinski definition) is 4. The Kier molecular flexibility index (Phi) is 7.20. The fourth-order valence-electron chi connectivity index (χ4n) is 3.51. The normalized spacial score (nSPS) is 11.4. The fraction of sp³-hybridized carbons (Fsp3) is 0.292. The molecule has 168 valence electrons. The molecule has 0 aliphatic rings. The van der Waals surface area contributed by atoms with Crippen LogP contribution in [0.2, 0.25) is 5.02 Å². The number of anilines is 1. The summed E-state index contributed by atoms with van der Waals surface area (Å²) < 4.78 is 7.25. The van der Waals surface area contributed by atoms with Gasteiger partial charge >= 0.3 is 0 Å². The van der Waals surface area contributed by atoms with Crippen LogP contribution in [0.15, 0.2) is 41.4 Å². The second-order valence-electron chi connectivity index (χ2n) is 7.74. The Labute approximate surface area is 193 Å². The maximum absolute atomic E-state index is 13.0. The van der Waals surface area contributed by atoms with Gasteiger partial charge in [-0.2, -0.15) is 5.10 Å². The van der Waals surface area contributed by atoms with E-state index < -0.39 is 0 Å². The Morgan fingerprint density at radius 1 is 1.12 bits per heavy atom. The van der Waals surface area contributed by atoms with Crippen LogP contribution >= 0.6 is 11.6 Å². The highest BCUT2D eigenvalue weighted by Gasteiger charge is 2.14. The van der Waals surface area contributed by atoms with Gasteiger partial charge in [-0.3, -0.25) is 14.8 Å². The van der Waals surface area contributed by atoms with Crippen molar-refractivity contribution in [2.75, 3.05) is 12.4 Å². The molecule has 2 aromatic carbocycles. The number of aliphatic imine (C=N–C) groups is 1. The van der Waals surface area contributed by atoms with Gasteiger partial charge in [0.2, 0.25) is 5.96 Å². The van der Waals surface area contributed by atoms with E-state index in [9.17, 15) is 4.79 Å². The van der Waals surface area contributed by atoms with E-state index in [-0.39, 0.29) is 11.9 Å². The number of rotatable bonds is 5. The molecule has 3 rings (SSSR count). The quantitative estimate of drug-likeness (QED) is 0.433. The number of hydrogen-bond donors (Lipinski definition) is 2. The molecular formula is C24H28ClN5O2. The lowest BCUT2D eigenvalue weighted by molar-refractivity contribution is 0.0976. The van der Waals surface area contributed by atoms with Crippen molar-refractivity contribution >= 4 is 29.2 Å². The summed E-state index contributed by atoms with van der Waals surface area (Å²) in [6.45, 7) is 8.21. The predicted molar refractivity (Wildman–Crippen MR) is 129 cm³/mol. The number of carbonyl (C=O) groups excluding carboxylic acids is 1. The molecular weight excluding hydrogens is 426 g/mol. The number of amides is 1. The maximum Gasteiger partial charge on any atom is 0.257 e. The van der Waals surface area contributed by atoms with Crippen molar-refractivity contribution in [2.45, 2.75) is 34.2 Å². The first-order valence-corrected chi connectivity index (χ1v) is 10.6. The van der Waals surface area contributed by atoms with Crippen LogP contribution in [0.4, 0.5) is 5.69 Å². The number of nitrogens with zero attached hydrogens (tertiary/aromatic N) is 3. The van der Waals surface area contributed by atoms with Crippen molar-refractivity contribution < 1.29 is 9.53 Å². The highest BCUT2D eigenvalue weighted by molar-refractivity contribution is 6.31. The Bertz CT molecular complexity index is 1160. The van der Waals surface area contributed by atoms with Gasteiger partial charge in [0.05, 0.1) is 25.0 Å². The second-order valence-corrected chi connectivity index (χ2v) is 8.17. The molecule has 1 heterocycles. The molecule has 0 saturated heterocycles. The first kappa shape index (κ1) is 23.3. The minimum absolute atomic E-state index is 0.260. The zero-order valence-corrected chi connectivity index (χ0v) is 20.0. The number of carbonyl (C=O) groups is 1. The molecule has 8 heteroatoms. The third-order valence-electron chi connectivity index (χ3n) is 5.18. The summed E-state index contributed by atoms with van der Waals surface area (Å²) in [6.07, 6.45) is 0. The first-order valence-electron chi connectivity index (χ1n) is 10.2. The standard InChI is InChI=1S/C24H28ClN5O2/c1-14-9-15(2)11-18(10-14)23(31)28-24(26-13-20-16(3)29-30(5)17(20)4)27-21-12-19(25)7-8-22(21)32-6/h7-12H,13H2,1-6H3,(H2,26,27,28,31). The highest BCUT2D eigenvalue weighted by atomic mass is 35.5. The lowest BCUT2D eigenvalue weighted by atomic mass is 10.1. The largest absolute Gasteiger partial charge is 0.495 e. The Morgan fingerprint density at radius 2 is 1.81 bits per heavy atom. The van der Waals surface area contributed by atoms with E-state index in [1.807, 2.05) is 57.6 Å². The van der Waals surface area contributed by atoms with Crippen molar-refractivity contribution in [2.24, 2.45) is 12.0 Å². The number of methoxy groups -OCH3 is 1.